The molecule has 0 amide bonds. The highest BCUT2D eigenvalue weighted by Gasteiger charge is 2.22. The minimum atomic E-state index is -1.01. The summed E-state index contributed by atoms with van der Waals surface area (Å²) in [5.74, 6) is -0.236. The van der Waals surface area contributed by atoms with Crippen LogP contribution in [0.25, 0.3) is 11.1 Å². The van der Waals surface area contributed by atoms with E-state index in [1.165, 1.54) is 5.56 Å². The van der Waals surface area contributed by atoms with Crippen molar-refractivity contribution < 1.29 is 4.79 Å². The number of carbonyl (C=O) groups excluding carboxylic acids is 1. The molecule has 0 unspecified atom stereocenters. The third-order valence-electron chi connectivity index (χ3n) is 3.13. The van der Waals surface area contributed by atoms with Gasteiger partial charge in [-0.15, -0.1) is 0 Å². The van der Waals surface area contributed by atoms with E-state index >= 15 is 0 Å². The number of fused-ring (bicyclic) bond motifs is 1. The zero-order valence-corrected chi connectivity index (χ0v) is 12.1. The quantitative estimate of drug-likeness (QED) is 0.576. The number of rotatable bonds is 2. The highest BCUT2D eigenvalue weighted by molar-refractivity contribution is 6.55. The van der Waals surface area contributed by atoms with Gasteiger partial charge in [0.2, 0.25) is 0 Å². The van der Waals surface area contributed by atoms with Gasteiger partial charge in [-0.25, -0.2) is 0 Å². The maximum atomic E-state index is 12.0. The van der Waals surface area contributed by atoms with E-state index in [1.54, 1.807) is 6.07 Å². The van der Waals surface area contributed by atoms with Gasteiger partial charge in [0.15, 0.2) is 10.6 Å². The number of hydrogen-bond donors (Lipinski definition) is 0. The Hall–Kier alpha value is -1.05. The van der Waals surface area contributed by atoms with Gasteiger partial charge >= 0.3 is 0 Å². The predicted octanol–water partition coefficient (Wildman–Crippen LogP) is 4.70. The van der Waals surface area contributed by atoms with Crippen molar-refractivity contribution in [2.45, 2.75) is 25.6 Å². The first-order valence-electron chi connectivity index (χ1n) is 5.74. The van der Waals surface area contributed by atoms with Crippen LogP contribution in [0.5, 0.6) is 0 Å². The van der Waals surface area contributed by atoms with Gasteiger partial charge in [-0.3, -0.25) is 4.79 Å². The fraction of sp³-hybridized carbons (Fsp3) is 0.267. The lowest BCUT2D eigenvalue weighted by Crippen LogP contribution is -2.08. The molecule has 0 saturated heterocycles. The summed E-state index contributed by atoms with van der Waals surface area (Å²) in [6.07, 6.45) is 0. The number of hydrogen-bond acceptors (Lipinski definition) is 1. The molecule has 0 aromatic rings. The molecule has 2 aliphatic carbocycles. The molecule has 2 rings (SSSR count). The lowest BCUT2D eigenvalue weighted by Gasteiger charge is -2.06. The second kappa shape index (κ2) is 4.91. The SMILES string of the molecule is Cc1cc(C)c2ccc(C(=O)C(Cl)Cl)c-2c(C)c1. The summed E-state index contributed by atoms with van der Waals surface area (Å²) in [5, 5.41) is 0. The van der Waals surface area contributed by atoms with E-state index in [0.29, 0.717) is 5.56 Å². The number of aryl methyl sites for hydroxylation is 3. The van der Waals surface area contributed by atoms with Gasteiger partial charge < -0.3 is 0 Å². The molecule has 0 aromatic heterocycles. The van der Waals surface area contributed by atoms with Gasteiger partial charge in [0.1, 0.15) is 0 Å². The molecule has 0 heterocycles. The first kappa shape index (κ1) is 13.4. The standard InChI is InChI=1S/C15H14Cl2O/c1-8-6-9(2)11-4-5-12(14(18)15(16)17)13(11)10(3)7-8/h4-7,15H,1-3H3. The lowest BCUT2D eigenvalue weighted by atomic mass is 10.00. The fourth-order valence-electron chi connectivity index (χ4n) is 2.43. The Labute approximate surface area is 117 Å². The number of halogens is 2. The molecule has 0 bridgehead atoms. The summed E-state index contributed by atoms with van der Waals surface area (Å²) >= 11 is 11.4. The van der Waals surface area contributed by atoms with Crippen molar-refractivity contribution in [3.8, 4) is 11.1 Å². The largest absolute Gasteiger partial charge is 0.291 e. The Bertz CT molecular complexity index is 588. The Kier molecular flexibility index (Phi) is 3.65. The highest BCUT2D eigenvalue weighted by Crippen LogP contribution is 2.35. The highest BCUT2D eigenvalue weighted by atomic mass is 35.5. The predicted molar refractivity (Wildman–Crippen MR) is 77.1 cm³/mol. The van der Waals surface area contributed by atoms with E-state index in [0.717, 1.165) is 22.3 Å². The molecule has 0 aliphatic heterocycles. The zero-order valence-electron chi connectivity index (χ0n) is 10.6. The van der Waals surface area contributed by atoms with E-state index < -0.39 is 4.84 Å². The third kappa shape index (κ3) is 2.25. The molecule has 1 nitrogen and oxygen atoms in total. The fourth-order valence-corrected chi connectivity index (χ4v) is 2.66. The smallest absolute Gasteiger partial charge is 0.196 e. The van der Waals surface area contributed by atoms with Crippen LogP contribution in [0.3, 0.4) is 0 Å². The second-order valence-corrected chi connectivity index (χ2v) is 5.70. The molecule has 3 heteroatoms. The van der Waals surface area contributed by atoms with Gasteiger partial charge in [-0.2, -0.15) is 0 Å². The summed E-state index contributed by atoms with van der Waals surface area (Å²) in [4.78, 5) is 11.0. The van der Waals surface area contributed by atoms with Crippen LogP contribution >= 0.6 is 23.2 Å². The molecule has 0 saturated carbocycles. The summed E-state index contributed by atoms with van der Waals surface area (Å²) in [5.41, 5.74) is 6.03. The molecule has 0 N–H and O–H groups in total. The van der Waals surface area contributed by atoms with Crippen molar-refractivity contribution in [2.75, 3.05) is 0 Å². The minimum absolute atomic E-state index is 0.236. The number of alkyl halides is 2. The van der Waals surface area contributed by atoms with Gasteiger partial charge in [-0.1, -0.05) is 53.0 Å². The van der Waals surface area contributed by atoms with E-state index in [4.69, 9.17) is 23.2 Å². The van der Waals surface area contributed by atoms with Crippen LogP contribution in [-0.2, 0) is 0 Å². The summed E-state index contributed by atoms with van der Waals surface area (Å²) in [7, 11) is 0. The molecule has 18 heavy (non-hydrogen) atoms. The molecular formula is C15H14Cl2O. The average Bonchev–Trinajstić information content (AvgIpc) is 2.67. The Morgan fingerprint density at radius 3 is 2.28 bits per heavy atom. The van der Waals surface area contributed by atoms with Crippen LogP contribution in [0, 0.1) is 20.8 Å². The maximum Gasteiger partial charge on any atom is 0.196 e. The van der Waals surface area contributed by atoms with Crippen molar-refractivity contribution in [1.82, 2.24) is 0 Å². The van der Waals surface area contributed by atoms with Gasteiger partial charge in [0.05, 0.1) is 0 Å². The van der Waals surface area contributed by atoms with Crippen molar-refractivity contribution in [1.29, 1.82) is 0 Å². The maximum absolute atomic E-state index is 12.0. The van der Waals surface area contributed by atoms with E-state index in [2.05, 4.69) is 12.1 Å². The molecule has 0 spiro atoms. The van der Waals surface area contributed by atoms with Crippen molar-refractivity contribution >= 4 is 29.0 Å². The van der Waals surface area contributed by atoms with Crippen LogP contribution < -0.4 is 0 Å². The van der Waals surface area contributed by atoms with Crippen molar-refractivity contribution in [2.24, 2.45) is 0 Å². The molecule has 0 aromatic carbocycles. The topological polar surface area (TPSA) is 17.1 Å². The Morgan fingerprint density at radius 2 is 1.67 bits per heavy atom. The third-order valence-corrected chi connectivity index (χ3v) is 3.52. The molecule has 0 radical (unpaired) electrons. The van der Waals surface area contributed by atoms with Gasteiger partial charge in [0, 0.05) is 5.56 Å². The number of Topliss-reactive ketones (excluding diaryl/α,β-unsaturated/α-hetero) is 1. The lowest BCUT2D eigenvalue weighted by molar-refractivity contribution is 0.101. The Morgan fingerprint density at radius 1 is 1.06 bits per heavy atom. The van der Waals surface area contributed by atoms with Crippen LogP contribution in [0.15, 0.2) is 24.3 Å². The van der Waals surface area contributed by atoms with Crippen LogP contribution in [0.2, 0.25) is 0 Å². The van der Waals surface area contributed by atoms with Crippen molar-refractivity contribution in [3.63, 3.8) is 0 Å². The Balaban J connectivity index is 2.74. The van der Waals surface area contributed by atoms with E-state index in [-0.39, 0.29) is 5.78 Å². The number of carbonyl (C=O) groups is 1. The molecule has 0 fully saturated rings. The molecule has 94 valence electrons. The van der Waals surface area contributed by atoms with E-state index in [9.17, 15) is 4.79 Å². The van der Waals surface area contributed by atoms with Gasteiger partial charge in [-0.05, 0) is 43.0 Å². The number of ketones is 1. The molecular weight excluding hydrogens is 267 g/mol. The monoisotopic (exact) mass is 280 g/mol. The first-order valence-corrected chi connectivity index (χ1v) is 6.62. The first-order chi connectivity index (χ1) is 8.41. The summed E-state index contributed by atoms with van der Waals surface area (Å²) in [6, 6.07) is 7.95. The van der Waals surface area contributed by atoms with Crippen LogP contribution in [-0.4, -0.2) is 10.6 Å². The minimum Gasteiger partial charge on any atom is -0.291 e. The second-order valence-electron chi connectivity index (χ2n) is 4.60. The average molecular weight is 281 g/mol. The van der Waals surface area contributed by atoms with Crippen molar-refractivity contribution in [3.05, 3.63) is 46.5 Å². The zero-order chi connectivity index (χ0) is 13.4. The van der Waals surface area contributed by atoms with Crippen LogP contribution in [0.4, 0.5) is 0 Å². The normalized spacial score (nSPS) is 11.2. The van der Waals surface area contributed by atoms with Crippen LogP contribution in [0.1, 0.15) is 27.0 Å². The van der Waals surface area contributed by atoms with E-state index in [1.807, 2.05) is 26.8 Å². The van der Waals surface area contributed by atoms with Gasteiger partial charge in [0.25, 0.3) is 0 Å². The molecule has 2 aliphatic rings. The summed E-state index contributed by atoms with van der Waals surface area (Å²) < 4.78 is 0. The molecule has 0 atom stereocenters. The summed E-state index contributed by atoms with van der Waals surface area (Å²) in [6.45, 7) is 6.09.